The van der Waals surface area contributed by atoms with E-state index in [1.807, 2.05) is 53.9 Å². The van der Waals surface area contributed by atoms with Crippen LogP contribution in [0.1, 0.15) is 28.8 Å². The summed E-state index contributed by atoms with van der Waals surface area (Å²) < 4.78 is 1.93. The summed E-state index contributed by atoms with van der Waals surface area (Å²) in [5.41, 5.74) is 5.22. The number of hydrogen-bond acceptors (Lipinski definition) is 6. The topological polar surface area (TPSA) is 97.7 Å². The summed E-state index contributed by atoms with van der Waals surface area (Å²) in [4.78, 5) is 20.4. The number of benzene rings is 3. The minimum atomic E-state index is -0.472. The molecule has 0 aliphatic carbocycles. The van der Waals surface area contributed by atoms with Gasteiger partial charge in [0, 0.05) is 50.4 Å². The molecule has 0 fully saturated rings. The van der Waals surface area contributed by atoms with Crippen LogP contribution in [0.25, 0.3) is 16.3 Å². The molecule has 0 saturated heterocycles. The number of aryl methyl sites for hydroxylation is 1. The van der Waals surface area contributed by atoms with Crippen molar-refractivity contribution in [2.45, 2.75) is 31.5 Å². The van der Waals surface area contributed by atoms with Crippen LogP contribution in [0.3, 0.4) is 0 Å². The summed E-state index contributed by atoms with van der Waals surface area (Å²) in [6, 6.07) is 25.4. The standard InChI is InChI=1S/C32H30N6O/c1-37(20-23-12-10-22(16-33)11-13-23)31(15-26-18-35-21-38(26)2)32(39)30-14-25(17-34)29(19-36-30)28-9-5-7-24-6-3-4-8-27(24)28/h3-13,18,21,30-31,36H,14-15,19-20H2,1-2H3/t30?,31-/m1/s1. The Morgan fingerprint density at radius 2 is 1.87 bits per heavy atom. The zero-order chi connectivity index (χ0) is 27.4. The number of aromatic nitrogens is 2. The van der Waals surface area contributed by atoms with Gasteiger partial charge >= 0.3 is 0 Å². The number of carbonyl (C=O) groups is 1. The van der Waals surface area contributed by atoms with Crippen LogP contribution in [0.5, 0.6) is 0 Å². The number of fused-ring (bicyclic) bond motifs is 1. The van der Waals surface area contributed by atoms with Crippen LogP contribution in [-0.2, 0) is 24.8 Å². The lowest BCUT2D eigenvalue weighted by Gasteiger charge is -2.33. The predicted molar refractivity (Wildman–Crippen MR) is 151 cm³/mol. The van der Waals surface area contributed by atoms with E-state index in [1.54, 1.807) is 24.7 Å². The third-order valence-corrected chi connectivity index (χ3v) is 7.59. The molecule has 7 heteroatoms. The minimum Gasteiger partial charge on any atom is -0.338 e. The van der Waals surface area contributed by atoms with Crippen molar-refractivity contribution in [3.05, 3.63) is 107 Å². The molecular formula is C32H30N6O. The number of imidazole rings is 1. The molecule has 1 aliphatic heterocycles. The van der Waals surface area contributed by atoms with Gasteiger partial charge in [0.05, 0.1) is 36.1 Å². The van der Waals surface area contributed by atoms with Crippen LogP contribution >= 0.6 is 0 Å². The second-order valence-electron chi connectivity index (χ2n) is 10.1. The fourth-order valence-corrected chi connectivity index (χ4v) is 5.36. The van der Waals surface area contributed by atoms with Crippen molar-refractivity contribution in [3.8, 4) is 12.1 Å². The average molecular weight is 515 g/mol. The van der Waals surface area contributed by atoms with Gasteiger partial charge in [-0.3, -0.25) is 9.69 Å². The summed E-state index contributed by atoms with van der Waals surface area (Å²) >= 11 is 0. The Kier molecular flexibility index (Phi) is 7.65. The summed E-state index contributed by atoms with van der Waals surface area (Å²) in [6.07, 6.45) is 4.38. The number of Topliss-reactive ketones (excluding diaryl/α,β-unsaturated/α-hetero) is 1. The highest BCUT2D eigenvalue weighted by atomic mass is 16.1. The Morgan fingerprint density at radius 3 is 2.59 bits per heavy atom. The van der Waals surface area contributed by atoms with Crippen molar-refractivity contribution in [2.75, 3.05) is 13.6 Å². The first-order chi connectivity index (χ1) is 19.0. The Morgan fingerprint density at radius 1 is 1.10 bits per heavy atom. The number of rotatable bonds is 8. The number of likely N-dealkylation sites (N-methyl/N-ethyl adjacent to an activating group) is 1. The van der Waals surface area contributed by atoms with E-state index in [9.17, 15) is 10.1 Å². The first-order valence-corrected chi connectivity index (χ1v) is 13.0. The van der Waals surface area contributed by atoms with Gasteiger partial charge in [0.25, 0.3) is 0 Å². The fourth-order valence-electron chi connectivity index (χ4n) is 5.36. The molecule has 1 aliphatic rings. The highest BCUT2D eigenvalue weighted by molar-refractivity contribution is 5.97. The van der Waals surface area contributed by atoms with Gasteiger partial charge in [0.1, 0.15) is 0 Å². The lowest BCUT2D eigenvalue weighted by Crippen LogP contribution is -2.51. The van der Waals surface area contributed by atoms with Crippen LogP contribution < -0.4 is 5.32 Å². The third-order valence-electron chi connectivity index (χ3n) is 7.59. The van der Waals surface area contributed by atoms with Gasteiger partial charge in [0.2, 0.25) is 0 Å². The second-order valence-corrected chi connectivity index (χ2v) is 10.1. The normalized spacial score (nSPS) is 16.2. The molecule has 0 spiro atoms. The van der Waals surface area contributed by atoms with Gasteiger partial charge < -0.3 is 9.88 Å². The number of nitrogens with one attached hydrogen (secondary N) is 1. The zero-order valence-corrected chi connectivity index (χ0v) is 22.1. The van der Waals surface area contributed by atoms with E-state index in [4.69, 9.17) is 5.26 Å². The van der Waals surface area contributed by atoms with Crippen molar-refractivity contribution in [2.24, 2.45) is 7.05 Å². The molecule has 4 aromatic rings. The third kappa shape index (κ3) is 5.51. The molecule has 194 valence electrons. The van der Waals surface area contributed by atoms with Crippen LogP contribution in [-0.4, -0.2) is 45.9 Å². The molecule has 0 saturated carbocycles. The number of nitriles is 2. The molecule has 1 aromatic heterocycles. The number of carbonyl (C=O) groups excluding carboxylic acids is 1. The molecule has 5 rings (SSSR count). The minimum absolute atomic E-state index is 0.0528. The van der Waals surface area contributed by atoms with Gasteiger partial charge in [-0.1, -0.05) is 54.6 Å². The first kappa shape index (κ1) is 26.1. The van der Waals surface area contributed by atoms with Crippen LogP contribution in [0.2, 0.25) is 0 Å². The van der Waals surface area contributed by atoms with E-state index in [2.05, 4.69) is 46.7 Å². The number of hydrogen-bond donors (Lipinski definition) is 1. The maximum atomic E-state index is 14.1. The molecule has 2 heterocycles. The molecule has 2 atom stereocenters. The predicted octanol–water partition coefficient (Wildman–Crippen LogP) is 4.40. The van der Waals surface area contributed by atoms with Gasteiger partial charge in [-0.15, -0.1) is 0 Å². The largest absolute Gasteiger partial charge is 0.338 e. The monoisotopic (exact) mass is 514 g/mol. The lowest BCUT2D eigenvalue weighted by molar-refractivity contribution is -0.126. The first-order valence-electron chi connectivity index (χ1n) is 13.0. The highest BCUT2D eigenvalue weighted by Crippen LogP contribution is 2.31. The van der Waals surface area contributed by atoms with Gasteiger partial charge in [-0.25, -0.2) is 4.98 Å². The quantitative estimate of drug-likeness (QED) is 0.374. The van der Waals surface area contributed by atoms with Crippen molar-refractivity contribution in [1.82, 2.24) is 19.8 Å². The number of nitrogens with zero attached hydrogens (tertiary/aromatic N) is 5. The Bertz CT molecular complexity index is 1610. The van der Waals surface area contributed by atoms with E-state index in [0.717, 1.165) is 33.2 Å². The van der Waals surface area contributed by atoms with Crippen molar-refractivity contribution in [3.63, 3.8) is 0 Å². The molecule has 1 N–H and O–H groups in total. The average Bonchev–Trinajstić information content (AvgIpc) is 3.39. The van der Waals surface area contributed by atoms with E-state index >= 15 is 0 Å². The SMILES string of the molecule is CN(Cc1ccc(C#N)cc1)[C@H](Cc1cncn1C)C(=O)C1CC(C#N)=C(c2cccc3ccccc23)CN1. The van der Waals surface area contributed by atoms with E-state index < -0.39 is 12.1 Å². The molecule has 1 unspecified atom stereocenters. The Balaban J connectivity index is 1.42. The fraction of sp³-hybridized carbons (Fsp3) is 0.250. The smallest absolute Gasteiger partial charge is 0.167 e. The van der Waals surface area contributed by atoms with E-state index in [0.29, 0.717) is 37.1 Å². The summed E-state index contributed by atoms with van der Waals surface area (Å²) in [5.74, 6) is 0.0528. The molecule has 0 radical (unpaired) electrons. The molecule has 7 nitrogen and oxygen atoms in total. The molecular weight excluding hydrogens is 484 g/mol. The second kappa shape index (κ2) is 11.4. The molecule has 0 amide bonds. The van der Waals surface area contributed by atoms with Crippen LogP contribution in [0, 0.1) is 22.7 Å². The van der Waals surface area contributed by atoms with Gasteiger partial charge in [0.15, 0.2) is 5.78 Å². The van der Waals surface area contributed by atoms with Gasteiger partial charge in [-0.05, 0) is 46.7 Å². The zero-order valence-electron chi connectivity index (χ0n) is 22.1. The maximum absolute atomic E-state index is 14.1. The van der Waals surface area contributed by atoms with E-state index in [-0.39, 0.29) is 5.78 Å². The van der Waals surface area contributed by atoms with Crippen molar-refractivity contribution in [1.29, 1.82) is 10.5 Å². The number of ketones is 1. The maximum Gasteiger partial charge on any atom is 0.167 e. The van der Waals surface area contributed by atoms with Crippen molar-refractivity contribution < 1.29 is 4.79 Å². The molecule has 39 heavy (non-hydrogen) atoms. The van der Waals surface area contributed by atoms with Crippen LogP contribution in [0.15, 0.2) is 84.8 Å². The molecule has 0 bridgehead atoms. The summed E-state index contributed by atoms with van der Waals surface area (Å²) in [5, 5.41) is 24.9. The van der Waals surface area contributed by atoms with Gasteiger partial charge in [-0.2, -0.15) is 10.5 Å². The van der Waals surface area contributed by atoms with E-state index in [1.165, 1.54) is 0 Å². The molecule has 3 aromatic carbocycles. The Labute approximate surface area is 228 Å². The van der Waals surface area contributed by atoms with Crippen LogP contribution in [0.4, 0.5) is 0 Å². The Hall–Kier alpha value is -4.56. The lowest BCUT2D eigenvalue weighted by atomic mass is 9.86. The summed E-state index contributed by atoms with van der Waals surface area (Å²) in [6.45, 7) is 1.000. The summed E-state index contributed by atoms with van der Waals surface area (Å²) in [7, 11) is 3.87. The highest BCUT2D eigenvalue weighted by Gasteiger charge is 2.34. The van der Waals surface area contributed by atoms with Crippen molar-refractivity contribution >= 4 is 22.1 Å².